The molecule has 2 rings (SSSR count). The third-order valence-corrected chi connectivity index (χ3v) is 4.77. The molecule has 3 nitrogen and oxygen atoms in total. The van der Waals surface area contributed by atoms with Crippen LogP contribution in [-0.2, 0) is 4.74 Å². The van der Waals surface area contributed by atoms with Crippen LogP contribution in [0.25, 0.3) is 0 Å². The van der Waals surface area contributed by atoms with Gasteiger partial charge < -0.3 is 10.1 Å². The number of piperidine rings is 1. The molecule has 0 aromatic rings. The van der Waals surface area contributed by atoms with Crippen molar-refractivity contribution in [3.8, 4) is 0 Å². The lowest BCUT2D eigenvalue weighted by atomic mass is 9.83. The van der Waals surface area contributed by atoms with Crippen molar-refractivity contribution in [3.05, 3.63) is 0 Å². The maximum Gasteiger partial charge on any atom is 0.0637 e. The van der Waals surface area contributed by atoms with Gasteiger partial charge in [0, 0.05) is 31.3 Å². The van der Waals surface area contributed by atoms with E-state index in [1.165, 1.54) is 13.0 Å². The van der Waals surface area contributed by atoms with Crippen molar-refractivity contribution in [2.24, 2.45) is 11.8 Å². The van der Waals surface area contributed by atoms with Gasteiger partial charge in [0.25, 0.3) is 0 Å². The summed E-state index contributed by atoms with van der Waals surface area (Å²) in [4.78, 5) is 2.69. The topological polar surface area (TPSA) is 24.5 Å². The number of nitrogens with zero attached hydrogens (tertiary/aromatic N) is 1. The number of rotatable bonds is 2. The number of likely N-dealkylation sites (tertiary alicyclic amines) is 1. The lowest BCUT2D eigenvalue weighted by Gasteiger charge is -2.48. The third kappa shape index (κ3) is 2.83. The molecule has 2 aliphatic heterocycles. The highest BCUT2D eigenvalue weighted by Gasteiger charge is 2.37. The van der Waals surface area contributed by atoms with Crippen LogP contribution in [0.15, 0.2) is 0 Å². The highest BCUT2D eigenvalue weighted by atomic mass is 16.5. The molecule has 0 radical (unpaired) electrons. The highest BCUT2D eigenvalue weighted by Crippen LogP contribution is 2.30. The van der Waals surface area contributed by atoms with Gasteiger partial charge >= 0.3 is 0 Å². The molecule has 3 heteroatoms. The molecule has 2 fully saturated rings. The lowest BCUT2D eigenvalue weighted by molar-refractivity contribution is -0.0466. The van der Waals surface area contributed by atoms with Crippen LogP contribution in [0.2, 0.25) is 0 Å². The van der Waals surface area contributed by atoms with Crippen molar-refractivity contribution >= 4 is 0 Å². The van der Waals surface area contributed by atoms with Gasteiger partial charge in [-0.15, -0.1) is 0 Å². The molecule has 1 N–H and O–H groups in total. The van der Waals surface area contributed by atoms with Gasteiger partial charge in [-0.05, 0) is 38.6 Å². The second kappa shape index (κ2) is 5.68. The Hall–Kier alpha value is -0.120. The van der Waals surface area contributed by atoms with Gasteiger partial charge in [0.1, 0.15) is 0 Å². The van der Waals surface area contributed by atoms with Crippen molar-refractivity contribution in [1.82, 2.24) is 10.2 Å². The van der Waals surface area contributed by atoms with Gasteiger partial charge in [-0.3, -0.25) is 4.90 Å². The number of hydrogen-bond acceptors (Lipinski definition) is 3. The summed E-state index contributed by atoms with van der Waals surface area (Å²) < 4.78 is 5.70. The summed E-state index contributed by atoms with van der Waals surface area (Å²) in [6.07, 6.45) is 2.52. The Kier molecular flexibility index (Phi) is 4.45. The number of ether oxygens (including phenoxy) is 1. The van der Waals surface area contributed by atoms with Gasteiger partial charge in [0.2, 0.25) is 0 Å². The van der Waals surface area contributed by atoms with Crippen LogP contribution in [0.4, 0.5) is 0 Å². The summed E-state index contributed by atoms with van der Waals surface area (Å²) in [6.45, 7) is 10.2. The molecule has 0 amide bonds. The molecule has 0 aliphatic carbocycles. The number of likely N-dealkylation sites (N-methyl/N-ethyl adjacent to an activating group) is 1. The fraction of sp³-hybridized carbons (Fsp3) is 1.00. The summed E-state index contributed by atoms with van der Waals surface area (Å²) in [5, 5.41) is 3.48. The summed E-state index contributed by atoms with van der Waals surface area (Å²) in [7, 11) is 2.09. The number of hydrogen-bond donors (Lipinski definition) is 1. The fourth-order valence-corrected chi connectivity index (χ4v) is 3.58. The Morgan fingerprint density at radius 2 is 2.00 bits per heavy atom. The van der Waals surface area contributed by atoms with E-state index in [0.717, 1.165) is 31.5 Å². The quantitative estimate of drug-likeness (QED) is 0.795. The molecule has 0 aromatic carbocycles. The van der Waals surface area contributed by atoms with E-state index in [1.54, 1.807) is 0 Å². The largest absolute Gasteiger partial charge is 0.380 e. The smallest absolute Gasteiger partial charge is 0.0637 e. The van der Waals surface area contributed by atoms with Crippen molar-refractivity contribution in [1.29, 1.82) is 0 Å². The molecule has 0 aromatic heterocycles. The molecule has 2 heterocycles. The van der Waals surface area contributed by atoms with E-state index >= 15 is 0 Å². The minimum atomic E-state index is 0.564. The molecule has 100 valence electrons. The van der Waals surface area contributed by atoms with Gasteiger partial charge in [0.15, 0.2) is 0 Å². The molecule has 17 heavy (non-hydrogen) atoms. The van der Waals surface area contributed by atoms with Crippen LogP contribution >= 0.6 is 0 Å². The lowest BCUT2D eigenvalue weighted by Crippen LogP contribution is -2.60. The zero-order valence-electron chi connectivity index (χ0n) is 11.8. The Bertz CT molecular complexity index is 246. The normalized spacial score (nSPS) is 44.8. The monoisotopic (exact) mass is 240 g/mol. The molecule has 2 saturated heterocycles. The van der Waals surface area contributed by atoms with E-state index in [1.807, 2.05) is 0 Å². The average molecular weight is 240 g/mol. The summed E-state index contributed by atoms with van der Waals surface area (Å²) >= 11 is 0. The Balaban J connectivity index is 2.07. The van der Waals surface area contributed by atoms with Crippen LogP contribution in [-0.4, -0.2) is 49.8 Å². The van der Waals surface area contributed by atoms with Gasteiger partial charge in [-0.1, -0.05) is 13.8 Å². The average Bonchev–Trinajstić information content (AvgIpc) is 2.33. The predicted octanol–water partition coefficient (Wildman–Crippen LogP) is 1.73. The molecular weight excluding hydrogens is 212 g/mol. The Morgan fingerprint density at radius 1 is 1.24 bits per heavy atom. The minimum absolute atomic E-state index is 0.564. The van der Waals surface area contributed by atoms with Gasteiger partial charge in [-0.2, -0.15) is 0 Å². The predicted molar refractivity (Wildman–Crippen MR) is 71.2 cm³/mol. The second-order valence-corrected chi connectivity index (χ2v) is 6.08. The summed E-state index contributed by atoms with van der Waals surface area (Å²) in [5.74, 6) is 1.62. The third-order valence-electron chi connectivity index (χ3n) is 4.77. The first-order valence-corrected chi connectivity index (χ1v) is 7.14. The van der Waals surface area contributed by atoms with Crippen molar-refractivity contribution in [3.63, 3.8) is 0 Å². The first kappa shape index (κ1) is 13.3. The Morgan fingerprint density at radius 3 is 2.71 bits per heavy atom. The van der Waals surface area contributed by atoms with Crippen LogP contribution in [0, 0.1) is 11.8 Å². The molecule has 0 spiro atoms. The van der Waals surface area contributed by atoms with Crippen molar-refractivity contribution < 1.29 is 4.74 Å². The Labute approximate surface area is 106 Å². The van der Waals surface area contributed by atoms with E-state index in [0.29, 0.717) is 18.1 Å². The summed E-state index contributed by atoms with van der Waals surface area (Å²) in [6, 6.07) is 1.85. The van der Waals surface area contributed by atoms with E-state index in [9.17, 15) is 0 Å². The van der Waals surface area contributed by atoms with Crippen molar-refractivity contribution in [2.45, 2.75) is 51.7 Å². The zero-order chi connectivity index (χ0) is 12.4. The SMILES string of the molecule is CNC1CCOCC1N1CC(C)CC(C)C1C. The van der Waals surface area contributed by atoms with E-state index < -0.39 is 0 Å². The maximum absolute atomic E-state index is 5.70. The van der Waals surface area contributed by atoms with Gasteiger partial charge in [0.05, 0.1) is 6.61 Å². The highest BCUT2D eigenvalue weighted by molar-refractivity contribution is 4.93. The minimum Gasteiger partial charge on any atom is -0.380 e. The van der Waals surface area contributed by atoms with Crippen LogP contribution in [0.1, 0.15) is 33.6 Å². The molecule has 2 aliphatic rings. The van der Waals surface area contributed by atoms with E-state index in [4.69, 9.17) is 4.74 Å². The first-order chi connectivity index (χ1) is 8.13. The van der Waals surface area contributed by atoms with Crippen LogP contribution in [0.5, 0.6) is 0 Å². The zero-order valence-corrected chi connectivity index (χ0v) is 11.8. The standard InChI is InChI=1S/C14H28N2O/c1-10-7-11(2)12(3)16(8-10)14-9-17-6-5-13(14)15-4/h10-15H,5-9H2,1-4H3. The second-order valence-electron chi connectivity index (χ2n) is 6.08. The van der Waals surface area contributed by atoms with E-state index in [-0.39, 0.29) is 0 Å². The molecule has 5 unspecified atom stereocenters. The first-order valence-electron chi connectivity index (χ1n) is 7.14. The van der Waals surface area contributed by atoms with E-state index in [2.05, 4.69) is 38.0 Å². The summed E-state index contributed by atoms with van der Waals surface area (Å²) in [5.41, 5.74) is 0. The van der Waals surface area contributed by atoms with Crippen molar-refractivity contribution in [2.75, 3.05) is 26.8 Å². The molecular formula is C14H28N2O. The van der Waals surface area contributed by atoms with Crippen LogP contribution in [0.3, 0.4) is 0 Å². The molecule has 5 atom stereocenters. The maximum atomic E-state index is 5.70. The number of nitrogens with one attached hydrogen (secondary N) is 1. The van der Waals surface area contributed by atoms with Crippen LogP contribution < -0.4 is 5.32 Å². The van der Waals surface area contributed by atoms with Gasteiger partial charge in [-0.25, -0.2) is 0 Å². The molecule has 0 bridgehead atoms. The fourth-order valence-electron chi connectivity index (χ4n) is 3.58. The molecule has 0 saturated carbocycles.